The molecule has 6 nitrogen and oxygen atoms in total. The van der Waals surface area contributed by atoms with Crippen LogP contribution in [0.15, 0.2) is 49.1 Å². The van der Waals surface area contributed by atoms with Crippen molar-refractivity contribution >= 4 is 5.91 Å². The highest BCUT2D eigenvalue weighted by atomic mass is 16.5. The van der Waals surface area contributed by atoms with E-state index in [0.29, 0.717) is 38.0 Å². The lowest BCUT2D eigenvalue weighted by Gasteiger charge is -2.64. The molecular formula is C30H32N2O4. The summed E-state index contributed by atoms with van der Waals surface area (Å²) >= 11 is 0. The molecule has 36 heavy (non-hydrogen) atoms. The summed E-state index contributed by atoms with van der Waals surface area (Å²) in [7, 11) is 1.78. The third-order valence-electron chi connectivity index (χ3n) is 9.09. The van der Waals surface area contributed by atoms with Gasteiger partial charge in [0, 0.05) is 36.7 Å². The van der Waals surface area contributed by atoms with Gasteiger partial charge in [-0.15, -0.1) is 6.58 Å². The Bertz CT molecular complexity index is 1310. The number of aliphatic hydroxyl groups is 1. The minimum absolute atomic E-state index is 0.0679. The molecule has 6 rings (SSSR count). The Morgan fingerprint density at radius 2 is 2.06 bits per heavy atom. The first kappa shape index (κ1) is 23.1. The van der Waals surface area contributed by atoms with E-state index in [0.717, 1.165) is 28.8 Å². The average molecular weight is 485 g/mol. The number of aryl methyl sites for hydroxylation is 1. The van der Waals surface area contributed by atoms with Gasteiger partial charge in [0.05, 0.1) is 17.1 Å². The Morgan fingerprint density at radius 3 is 2.81 bits per heavy atom. The normalized spacial score (nSPS) is 31.5. The third-order valence-corrected chi connectivity index (χ3v) is 9.09. The van der Waals surface area contributed by atoms with Crippen molar-refractivity contribution in [1.29, 1.82) is 0 Å². The zero-order valence-electron chi connectivity index (χ0n) is 20.8. The molecule has 4 aliphatic rings. The number of amides is 1. The molecule has 2 aliphatic carbocycles. The van der Waals surface area contributed by atoms with Crippen LogP contribution in [-0.2, 0) is 16.6 Å². The quantitative estimate of drug-likeness (QED) is 0.518. The van der Waals surface area contributed by atoms with Gasteiger partial charge in [-0.3, -0.25) is 9.69 Å². The van der Waals surface area contributed by atoms with E-state index in [1.165, 1.54) is 0 Å². The molecule has 1 spiro atoms. The fourth-order valence-electron chi connectivity index (χ4n) is 7.39. The highest BCUT2D eigenvalue weighted by Crippen LogP contribution is 2.65. The second-order valence-corrected chi connectivity index (χ2v) is 10.8. The van der Waals surface area contributed by atoms with E-state index < -0.39 is 17.1 Å². The summed E-state index contributed by atoms with van der Waals surface area (Å²) in [6.45, 7) is 7.45. The number of likely N-dealkylation sites (tertiary alicyclic amines) is 1. The number of phenolic OH excluding ortho intramolecular Hbond substituents is 1. The van der Waals surface area contributed by atoms with Crippen LogP contribution in [0.1, 0.15) is 41.5 Å². The summed E-state index contributed by atoms with van der Waals surface area (Å²) in [5, 5.41) is 23.2. The number of rotatable bonds is 3. The van der Waals surface area contributed by atoms with Gasteiger partial charge in [-0.1, -0.05) is 35.8 Å². The van der Waals surface area contributed by atoms with Gasteiger partial charge in [-0.25, -0.2) is 0 Å². The van der Waals surface area contributed by atoms with E-state index in [4.69, 9.17) is 4.74 Å². The summed E-state index contributed by atoms with van der Waals surface area (Å²) < 4.78 is 6.54. The monoisotopic (exact) mass is 484 g/mol. The van der Waals surface area contributed by atoms with E-state index in [9.17, 15) is 15.0 Å². The number of hydrogen-bond acceptors (Lipinski definition) is 5. The average Bonchev–Trinajstić information content (AvgIpc) is 3.22. The molecule has 186 valence electrons. The van der Waals surface area contributed by atoms with Gasteiger partial charge in [-0.05, 0) is 62.9 Å². The number of piperidine rings is 1. The Labute approximate surface area is 212 Å². The lowest BCUT2D eigenvalue weighted by atomic mass is 9.48. The van der Waals surface area contributed by atoms with Crippen molar-refractivity contribution in [3.05, 3.63) is 71.3 Å². The molecule has 2 heterocycles. The molecule has 2 aromatic carbocycles. The molecule has 2 aromatic rings. The van der Waals surface area contributed by atoms with Crippen molar-refractivity contribution in [3.63, 3.8) is 0 Å². The van der Waals surface area contributed by atoms with Crippen LogP contribution in [0.4, 0.5) is 0 Å². The molecule has 6 heteroatoms. The molecule has 0 radical (unpaired) electrons. The number of carbonyl (C=O) groups is 1. The van der Waals surface area contributed by atoms with E-state index >= 15 is 0 Å². The second kappa shape index (κ2) is 8.12. The first-order valence-corrected chi connectivity index (χ1v) is 12.7. The van der Waals surface area contributed by atoms with E-state index in [2.05, 4.69) is 23.3 Å². The number of ether oxygens (including phenoxy) is 1. The minimum atomic E-state index is -1.01. The summed E-state index contributed by atoms with van der Waals surface area (Å²) in [4.78, 5) is 17.2. The van der Waals surface area contributed by atoms with Crippen molar-refractivity contribution in [1.82, 2.24) is 9.80 Å². The summed E-state index contributed by atoms with van der Waals surface area (Å²) in [5.41, 5.74) is 2.30. The molecule has 1 saturated carbocycles. The van der Waals surface area contributed by atoms with Crippen LogP contribution in [0, 0.1) is 18.8 Å². The van der Waals surface area contributed by atoms with Crippen LogP contribution in [0.5, 0.6) is 11.5 Å². The maximum atomic E-state index is 13.2. The van der Waals surface area contributed by atoms with Crippen LogP contribution in [0.25, 0.3) is 0 Å². The van der Waals surface area contributed by atoms with Gasteiger partial charge in [-0.2, -0.15) is 0 Å². The fraction of sp³-hybridized carbons (Fsp3) is 0.433. The van der Waals surface area contributed by atoms with Crippen molar-refractivity contribution in [2.24, 2.45) is 0 Å². The number of phenols is 1. The molecule has 2 fully saturated rings. The van der Waals surface area contributed by atoms with Crippen LogP contribution in [-0.4, -0.2) is 69.8 Å². The summed E-state index contributed by atoms with van der Waals surface area (Å²) in [6, 6.07) is 11.1. The lowest BCUT2D eigenvalue weighted by Crippen LogP contribution is -2.78. The second-order valence-electron chi connectivity index (χ2n) is 10.8. The molecule has 2 N–H and O–H groups in total. The summed E-state index contributed by atoms with van der Waals surface area (Å²) in [6.07, 6.45) is 3.98. The van der Waals surface area contributed by atoms with Crippen LogP contribution in [0.2, 0.25) is 0 Å². The van der Waals surface area contributed by atoms with Gasteiger partial charge < -0.3 is 19.8 Å². The highest BCUT2D eigenvalue weighted by molar-refractivity contribution is 5.94. The topological polar surface area (TPSA) is 73.2 Å². The van der Waals surface area contributed by atoms with Gasteiger partial charge in [0.25, 0.3) is 5.91 Å². The molecule has 0 unspecified atom stereocenters. The highest BCUT2D eigenvalue weighted by Gasteiger charge is 2.73. The third kappa shape index (κ3) is 3.03. The SMILES string of the molecule is C=CCN1CC[C@]23c4c5ccc(O)c4O[C@H]2[C@H](N(C)C(=O)C#Cc2ccc(C)cc2)CC[C@@]3(O)[C@H]1C5. The van der Waals surface area contributed by atoms with Gasteiger partial charge in [0.2, 0.25) is 0 Å². The number of benzene rings is 2. The zero-order valence-corrected chi connectivity index (χ0v) is 20.8. The Balaban J connectivity index is 1.39. The maximum absolute atomic E-state index is 13.2. The molecule has 2 bridgehead atoms. The van der Waals surface area contributed by atoms with Crippen LogP contribution in [0.3, 0.4) is 0 Å². The Morgan fingerprint density at radius 1 is 1.28 bits per heavy atom. The zero-order chi connectivity index (χ0) is 25.2. The first-order chi connectivity index (χ1) is 17.3. The maximum Gasteiger partial charge on any atom is 0.298 e. The van der Waals surface area contributed by atoms with E-state index in [-0.39, 0.29) is 23.7 Å². The summed E-state index contributed by atoms with van der Waals surface area (Å²) in [5.74, 6) is 6.09. The van der Waals surface area contributed by atoms with Crippen molar-refractivity contribution in [2.75, 3.05) is 20.1 Å². The van der Waals surface area contributed by atoms with Crippen molar-refractivity contribution in [3.8, 4) is 23.3 Å². The van der Waals surface area contributed by atoms with Gasteiger partial charge >= 0.3 is 0 Å². The molecule has 0 aromatic heterocycles. The number of hydrogen-bond donors (Lipinski definition) is 2. The molecular weight excluding hydrogens is 452 g/mol. The van der Waals surface area contributed by atoms with E-state index in [1.807, 2.05) is 43.3 Å². The van der Waals surface area contributed by atoms with Gasteiger partial charge in [0.1, 0.15) is 6.10 Å². The Kier molecular flexibility index (Phi) is 5.22. The smallest absolute Gasteiger partial charge is 0.298 e. The number of carbonyl (C=O) groups excluding carboxylic acids is 1. The first-order valence-electron chi connectivity index (χ1n) is 12.7. The standard InChI is InChI=1S/C30H32N2O4/c1-4-16-32-17-15-29-26-21-10-11-23(33)27(26)36-28(29)22(13-14-30(29,35)24(32)18-21)31(3)25(34)12-9-20-7-5-19(2)6-8-20/h4-8,10-11,22,24,28,33,35H,1,13-18H2,2-3H3/t22-,24-,28+,29+,30-/m1/s1. The predicted molar refractivity (Wildman–Crippen MR) is 137 cm³/mol. The van der Waals surface area contributed by atoms with Crippen LogP contribution >= 0.6 is 0 Å². The van der Waals surface area contributed by atoms with Crippen molar-refractivity contribution in [2.45, 2.75) is 61.8 Å². The molecule has 1 saturated heterocycles. The molecule has 5 atom stereocenters. The molecule has 2 aliphatic heterocycles. The van der Waals surface area contributed by atoms with Gasteiger partial charge in [0.15, 0.2) is 11.5 Å². The van der Waals surface area contributed by atoms with Crippen molar-refractivity contribution < 1.29 is 19.7 Å². The fourth-order valence-corrected chi connectivity index (χ4v) is 7.39. The minimum Gasteiger partial charge on any atom is -0.504 e. The number of likely N-dealkylation sites (N-methyl/N-ethyl adjacent to an activating group) is 1. The largest absolute Gasteiger partial charge is 0.504 e. The van der Waals surface area contributed by atoms with E-state index in [1.54, 1.807) is 18.0 Å². The number of nitrogens with zero attached hydrogens (tertiary/aromatic N) is 2. The van der Waals surface area contributed by atoms with Crippen LogP contribution < -0.4 is 4.74 Å². The lowest BCUT2D eigenvalue weighted by molar-refractivity contribution is -0.197. The molecule has 1 amide bonds. The predicted octanol–water partition coefficient (Wildman–Crippen LogP) is 2.92. The number of aromatic hydroxyl groups is 1. The Hall–Kier alpha value is -3.27.